The van der Waals surface area contributed by atoms with Gasteiger partial charge in [-0.3, -0.25) is 0 Å². The highest BCUT2D eigenvalue weighted by Crippen LogP contribution is 2.26. The molecule has 0 radical (unpaired) electrons. The van der Waals surface area contributed by atoms with Crippen LogP contribution in [0, 0.1) is 5.92 Å². The first-order chi connectivity index (χ1) is 11.6. The second-order valence-electron chi connectivity index (χ2n) is 6.79. The minimum absolute atomic E-state index is 0.0977. The monoisotopic (exact) mass is 335 g/mol. The Balaban J connectivity index is 2.39. The second-order valence-corrected chi connectivity index (χ2v) is 6.79. The number of phenolic OH excluding ortho intramolecular Hbond substituents is 1. The van der Waals surface area contributed by atoms with Crippen LogP contribution in [0.4, 0.5) is 0 Å². The molecule has 4 nitrogen and oxygen atoms in total. The molecule has 4 heteroatoms. The zero-order valence-electron chi connectivity index (χ0n) is 15.4. The molecule has 0 saturated heterocycles. The predicted molar refractivity (Wildman–Crippen MR) is 99.4 cm³/mol. The van der Waals surface area contributed by atoms with E-state index in [2.05, 4.69) is 12.1 Å². The first kappa shape index (κ1) is 20.3. The van der Waals surface area contributed by atoms with Gasteiger partial charge in [-0.15, -0.1) is 0 Å². The van der Waals surface area contributed by atoms with Crippen LogP contribution < -0.4 is 4.74 Å². The van der Waals surface area contributed by atoms with Gasteiger partial charge in [-0.05, 0) is 30.9 Å². The quantitative estimate of drug-likeness (QED) is 0.221. The lowest BCUT2D eigenvalue weighted by Crippen LogP contribution is -2.06. The molecule has 24 heavy (non-hydrogen) atoms. The summed E-state index contributed by atoms with van der Waals surface area (Å²) in [6.07, 6.45) is 9.34. The average molecular weight is 335 g/mol. The van der Waals surface area contributed by atoms with Gasteiger partial charge in [0.15, 0.2) is 0 Å². The van der Waals surface area contributed by atoms with Crippen LogP contribution in [0.2, 0.25) is 0 Å². The number of oxime groups is 1. The van der Waals surface area contributed by atoms with Gasteiger partial charge in [-0.1, -0.05) is 64.5 Å². The Labute approximate surface area is 146 Å². The first-order valence-electron chi connectivity index (χ1n) is 9.25. The fraction of sp³-hybridized carbons (Fsp3) is 0.650. The van der Waals surface area contributed by atoms with Gasteiger partial charge in [0.05, 0.1) is 12.3 Å². The zero-order chi connectivity index (χ0) is 17.8. The average Bonchev–Trinajstić information content (AvgIpc) is 2.55. The summed E-state index contributed by atoms with van der Waals surface area (Å²) >= 11 is 0. The molecule has 0 spiro atoms. The molecular weight excluding hydrogens is 302 g/mol. The molecule has 0 amide bonds. The van der Waals surface area contributed by atoms with Gasteiger partial charge in [0, 0.05) is 11.6 Å². The van der Waals surface area contributed by atoms with E-state index in [1.807, 2.05) is 19.9 Å². The number of phenols is 1. The van der Waals surface area contributed by atoms with Crippen molar-refractivity contribution in [3.63, 3.8) is 0 Å². The zero-order valence-corrected chi connectivity index (χ0v) is 15.4. The van der Waals surface area contributed by atoms with Crippen LogP contribution in [0.15, 0.2) is 23.4 Å². The number of rotatable bonds is 12. The highest BCUT2D eigenvalue weighted by molar-refractivity contribution is 6.02. The third kappa shape index (κ3) is 7.71. The van der Waals surface area contributed by atoms with E-state index in [9.17, 15) is 5.11 Å². The maximum atomic E-state index is 10.2. The maximum Gasteiger partial charge on any atom is 0.128 e. The highest BCUT2D eigenvalue weighted by Gasteiger charge is 2.12. The number of benzene rings is 1. The molecule has 0 saturated carbocycles. The van der Waals surface area contributed by atoms with Crippen molar-refractivity contribution in [2.45, 2.75) is 72.1 Å². The fourth-order valence-corrected chi connectivity index (χ4v) is 2.69. The van der Waals surface area contributed by atoms with Crippen molar-refractivity contribution in [2.24, 2.45) is 11.1 Å². The number of aromatic hydroxyl groups is 1. The summed E-state index contributed by atoms with van der Waals surface area (Å²) < 4.78 is 5.70. The molecule has 0 aliphatic rings. The van der Waals surface area contributed by atoms with Gasteiger partial charge < -0.3 is 15.1 Å². The third-order valence-corrected chi connectivity index (χ3v) is 4.02. The largest absolute Gasteiger partial charge is 0.507 e. The molecule has 0 aliphatic carbocycles. The Hall–Kier alpha value is -1.71. The lowest BCUT2D eigenvalue weighted by Gasteiger charge is -2.11. The van der Waals surface area contributed by atoms with Crippen molar-refractivity contribution < 1.29 is 15.1 Å². The molecule has 2 N–H and O–H groups in total. The molecular formula is C20H33NO3. The van der Waals surface area contributed by atoms with Crippen LogP contribution in [0.5, 0.6) is 11.5 Å². The molecule has 1 aromatic rings. The normalized spacial score (nSPS) is 11.9. The lowest BCUT2D eigenvalue weighted by atomic mass is 9.99. The Morgan fingerprint density at radius 3 is 2.33 bits per heavy atom. The second kappa shape index (κ2) is 11.8. The minimum atomic E-state index is 0.0977. The summed E-state index contributed by atoms with van der Waals surface area (Å²) in [5.74, 6) is 1.10. The number of unbranched alkanes of at least 4 members (excludes halogenated alkanes) is 6. The summed E-state index contributed by atoms with van der Waals surface area (Å²) in [6.45, 7) is 6.98. The van der Waals surface area contributed by atoms with Crippen molar-refractivity contribution in [1.82, 2.24) is 0 Å². The van der Waals surface area contributed by atoms with Gasteiger partial charge in [0.2, 0.25) is 0 Å². The van der Waals surface area contributed by atoms with Crippen molar-refractivity contribution >= 4 is 5.71 Å². The van der Waals surface area contributed by atoms with E-state index < -0.39 is 0 Å². The number of ether oxygens (including phenoxy) is 1. The van der Waals surface area contributed by atoms with E-state index in [4.69, 9.17) is 9.94 Å². The van der Waals surface area contributed by atoms with Crippen molar-refractivity contribution in [1.29, 1.82) is 0 Å². The predicted octanol–water partition coefficient (Wildman–Crippen LogP) is 5.75. The summed E-state index contributed by atoms with van der Waals surface area (Å²) in [6, 6.07) is 5.18. The van der Waals surface area contributed by atoms with Gasteiger partial charge in [0.25, 0.3) is 0 Å². The Bertz CT molecular complexity index is 498. The lowest BCUT2D eigenvalue weighted by molar-refractivity contribution is 0.302. The van der Waals surface area contributed by atoms with Crippen LogP contribution in [0.3, 0.4) is 0 Å². The number of hydrogen-bond donors (Lipinski definition) is 2. The van der Waals surface area contributed by atoms with Crippen LogP contribution in [0.25, 0.3) is 0 Å². The molecule has 0 fully saturated rings. The Kier molecular flexibility index (Phi) is 9.97. The Morgan fingerprint density at radius 2 is 1.75 bits per heavy atom. The van der Waals surface area contributed by atoms with Gasteiger partial charge in [-0.2, -0.15) is 0 Å². The van der Waals surface area contributed by atoms with Crippen LogP contribution >= 0.6 is 0 Å². The van der Waals surface area contributed by atoms with E-state index in [1.54, 1.807) is 12.1 Å². The smallest absolute Gasteiger partial charge is 0.128 e. The van der Waals surface area contributed by atoms with Crippen LogP contribution in [-0.4, -0.2) is 22.6 Å². The highest BCUT2D eigenvalue weighted by atomic mass is 16.5. The summed E-state index contributed by atoms with van der Waals surface area (Å²) in [5, 5.41) is 22.6. The van der Waals surface area contributed by atoms with Crippen molar-refractivity contribution in [3.8, 4) is 11.5 Å². The first-order valence-corrected chi connectivity index (χ1v) is 9.25. The van der Waals surface area contributed by atoms with E-state index in [1.165, 1.54) is 38.5 Å². The minimum Gasteiger partial charge on any atom is -0.507 e. The summed E-state index contributed by atoms with van der Waals surface area (Å²) in [5.41, 5.74) is 1.07. The van der Waals surface area contributed by atoms with Crippen molar-refractivity contribution in [3.05, 3.63) is 23.8 Å². The molecule has 0 heterocycles. The fourth-order valence-electron chi connectivity index (χ4n) is 2.69. The molecule has 0 bridgehead atoms. The standard InChI is InChI=1S/C20H33NO3/c1-4-5-6-7-8-9-10-13-24-17-11-12-18(20(22)15-17)19(21-23)14-16(2)3/h11-12,15-16,22-23H,4-10,13-14H2,1-3H3/b21-19+. The molecule has 1 aromatic carbocycles. The number of hydrogen-bond acceptors (Lipinski definition) is 4. The van der Waals surface area contributed by atoms with E-state index >= 15 is 0 Å². The van der Waals surface area contributed by atoms with E-state index in [0.29, 0.717) is 36.0 Å². The topological polar surface area (TPSA) is 62.0 Å². The molecule has 0 aromatic heterocycles. The van der Waals surface area contributed by atoms with E-state index in [0.717, 1.165) is 6.42 Å². The SMILES string of the molecule is CCCCCCCCCOc1ccc(/C(CC(C)C)=N/O)c(O)c1. The van der Waals surface area contributed by atoms with Gasteiger partial charge in [0.1, 0.15) is 11.5 Å². The van der Waals surface area contributed by atoms with Crippen LogP contribution in [0.1, 0.15) is 77.7 Å². The van der Waals surface area contributed by atoms with Crippen molar-refractivity contribution in [2.75, 3.05) is 6.61 Å². The van der Waals surface area contributed by atoms with Crippen LogP contribution in [-0.2, 0) is 0 Å². The Morgan fingerprint density at radius 1 is 1.08 bits per heavy atom. The van der Waals surface area contributed by atoms with Gasteiger partial charge in [-0.25, -0.2) is 0 Å². The summed E-state index contributed by atoms with van der Waals surface area (Å²) in [4.78, 5) is 0. The maximum absolute atomic E-state index is 10.2. The molecule has 0 atom stereocenters. The molecule has 136 valence electrons. The summed E-state index contributed by atoms with van der Waals surface area (Å²) in [7, 11) is 0. The van der Waals surface area contributed by atoms with Gasteiger partial charge >= 0.3 is 0 Å². The van der Waals surface area contributed by atoms with E-state index in [-0.39, 0.29) is 5.75 Å². The third-order valence-electron chi connectivity index (χ3n) is 4.02. The number of nitrogens with zero attached hydrogens (tertiary/aromatic N) is 1. The molecule has 0 aliphatic heterocycles. The molecule has 0 unspecified atom stereocenters. The molecule has 1 rings (SSSR count).